The molecule has 0 aliphatic carbocycles. The van der Waals surface area contributed by atoms with Crippen molar-refractivity contribution in [1.29, 1.82) is 0 Å². The molecule has 60 valence electrons. The van der Waals surface area contributed by atoms with Gasteiger partial charge in [-0.3, -0.25) is 4.79 Å². The summed E-state index contributed by atoms with van der Waals surface area (Å²) >= 11 is 1.25. The molecule has 0 fully saturated rings. The zero-order chi connectivity index (χ0) is 8.36. The van der Waals surface area contributed by atoms with Crippen LogP contribution in [-0.2, 0) is 0 Å². The molecule has 0 aromatic heterocycles. The fraction of sp³-hybridized carbons (Fsp3) is 0.857. The van der Waals surface area contributed by atoms with Crippen LogP contribution in [-0.4, -0.2) is 29.0 Å². The molecule has 0 aromatic carbocycles. The summed E-state index contributed by atoms with van der Waals surface area (Å²) in [5, 5.41) is 0.118. The molecule has 0 saturated heterocycles. The highest BCUT2D eigenvalue weighted by atomic mass is 32.2. The lowest BCUT2D eigenvalue weighted by Crippen LogP contribution is -2.40. The van der Waals surface area contributed by atoms with Crippen molar-refractivity contribution in [1.82, 2.24) is 4.90 Å². The Balaban J connectivity index is 4.08. The van der Waals surface area contributed by atoms with Crippen molar-refractivity contribution in [3.05, 3.63) is 0 Å². The molecule has 0 rings (SSSR count). The average molecular weight is 161 g/mol. The lowest BCUT2D eigenvalue weighted by atomic mass is 10.1. The molecule has 3 heteroatoms. The minimum Gasteiger partial charge on any atom is -0.332 e. The highest BCUT2D eigenvalue weighted by Gasteiger charge is 2.20. The van der Waals surface area contributed by atoms with E-state index in [1.54, 1.807) is 11.2 Å². The van der Waals surface area contributed by atoms with Gasteiger partial charge in [0.15, 0.2) is 0 Å². The predicted molar refractivity (Wildman–Crippen MR) is 46.4 cm³/mol. The van der Waals surface area contributed by atoms with Gasteiger partial charge >= 0.3 is 0 Å². The van der Waals surface area contributed by atoms with Crippen LogP contribution < -0.4 is 0 Å². The Morgan fingerprint density at radius 3 is 1.90 bits per heavy atom. The number of rotatable bonds is 0. The first-order valence-corrected chi connectivity index (χ1v) is 4.44. The average Bonchev–Trinajstić information content (AvgIpc) is 1.83. The summed E-state index contributed by atoms with van der Waals surface area (Å²) in [6.45, 7) is 6.04. The summed E-state index contributed by atoms with van der Waals surface area (Å²) < 4.78 is 0. The van der Waals surface area contributed by atoms with E-state index >= 15 is 0 Å². The van der Waals surface area contributed by atoms with Gasteiger partial charge in [0.25, 0.3) is 5.24 Å². The monoisotopic (exact) mass is 161 g/mol. The van der Waals surface area contributed by atoms with Gasteiger partial charge in [-0.2, -0.15) is 0 Å². The molecule has 0 saturated carbocycles. The molecule has 0 aliphatic rings. The number of carbonyl (C=O) groups is 1. The van der Waals surface area contributed by atoms with E-state index in [4.69, 9.17) is 0 Å². The summed E-state index contributed by atoms with van der Waals surface area (Å²) in [4.78, 5) is 12.8. The van der Waals surface area contributed by atoms with Crippen molar-refractivity contribution in [3.8, 4) is 0 Å². The first-order valence-electron chi connectivity index (χ1n) is 3.21. The molecule has 0 atom stereocenters. The van der Waals surface area contributed by atoms with E-state index < -0.39 is 0 Å². The highest BCUT2D eigenvalue weighted by Crippen LogP contribution is 2.15. The van der Waals surface area contributed by atoms with Gasteiger partial charge in [-0.15, -0.1) is 0 Å². The largest absolute Gasteiger partial charge is 0.332 e. The molecule has 0 heterocycles. The van der Waals surface area contributed by atoms with E-state index in [-0.39, 0.29) is 10.8 Å². The van der Waals surface area contributed by atoms with Gasteiger partial charge in [0.1, 0.15) is 0 Å². The van der Waals surface area contributed by atoms with Gasteiger partial charge in [-0.25, -0.2) is 0 Å². The summed E-state index contributed by atoms with van der Waals surface area (Å²) in [6.07, 6.45) is 1.80. The third kappa shape index (κ3) is 2.60. The maximum Gasteiger partial charge on any atom is 0.281 e. The van der Waals surface area contributed by atoms with Crippen LogP contribution in [0.2, 0.25) is 0 Å². The van der Waals surface area contributed by atoms with E-state index in [2.05, 4.69) is 0 Å². The van der Waals surface area contributed by atoms with Crippen molar-refractivity contribution in [2.24, 2.45) is 0 Å². The van der Waals surface area contributed by atoms with Crippen molar-refractivity contribution in [2.45, 2.75) is 26.3 Å². The van der Waals surface area contributed by atoms with E-state index in [9.17, 15) is 4.79 Å². The number of amides is 1. The molecule has 0 aromatic rings. The van der Waals surface area contributed by atoms with Crippen molar-refractivity contribution in [2.75, 3.05) is 13.3 Å². The third-order valence-electron chi connectivity index (χ3n) is 1.45. The van der Waals surface area contributed by atoms with Crippen LogP contribution in [0.1, 0.15) is 20.8 Å². The van der Waals surface area contributed by atoms with Crippen LogP contribution in [0.5, 0.6) is 0 Å². The zero-order valence-electron chi connectivity index (χ0n) is 7.26. The second-order valence-corrected chi connectivity index (χ2v) is 3.96. The normalized spacial score (nSPS) is 11.3. The molecule has 0 N–H and O–H groups in total. The standard InChI is InChI=1S/C7H15NOS/c1-7(2,3)8(4)6(9)10-5/h1-5H3. The van der Waals surface area contributed by atoms with E-state index in [1.807, 2.05) is 27.8 Å². The minimum absolute atomic E-state index is 0.0555. The van der Waals surface area contributed by atoms with Gasteiger partial charge in [0.2, 0.25) is 0 Å². The predicted octanol–water partition coefficient (Wildman–Crippen LogP) is 2.20. The van der Waals surface area contributed by atoms with Gasteiger partial charge in [0.05, 0.1) is 0 Å². The first kappa shape index (κ1) is 9.82. The van der Waals surface area contributed by atoms with Gasteiger partial charge in [0, 0.05) is 12.6 Å². The smallest absolute Gasteiger partial charge is 0.281 e. The van der Waals surface area contributed by atoms with Gasteiger partial charge in [-0.1, -0.05) is 11.8 Å². The van der Waals surface area contributed by atoms with E-state index in [0.717, 1.165) is 0 Å². The lowest BCUT2D eigenvalue weighted by molar-refractivity contribution is 0.190. The molecule has 2 nitrogen and oxygen atoms in total. The molecule has 0 spiro atoms. The molecule has 1 amide bonds. The number of hydrogen-bond donors (Lipinski definition) is 0. The Morgan fingerprint density at radius 1 is 1.40 bits per heavy atom. The Labute approximate surface area is 67.0 Å². The second kappa shape index (κ2) is 3.28. The van der Waals surface area contributed by atoms with Crippen LogP contribution in [0.25, 0.3) is 0 Å². The van der Waals surface area contributed by atoms with Gasteiger partial charge < -0.3 is 4.90 Å². The SMILES string of the molecule is CSC(=O)N(C)C(C)(C)C. The third-order valence-corrected chi connectivity index (χ3v) is 2.08. The quantitative estimate of drug-likeness (QED) is 0.543. The maximum atomic E-state index is 11.0. The van der Waals surface area contributed by atoms with Crippen LogP contribution in [0.4, 0.5) is 4.79 Å². The number of nitrogens with zero attached hydrogens (tertiary/aromatic N) is 1. The maximum absolute atomic E-state index is 11.0. The number of thioether (sulfide) groups is 1. The highest BCUT2D eigenvalue weighted by molar-refractivity contribution is 8.12. The zero-order valence-corrected chi connectivity index (χ0v) is 8.08. The summed E-state index contributed by atoms with van der Waals surface area (Å²) in [5.41, 5.74) is -0.0555. The molecule has 10 heavy (non-hydrogen) atoms. The van der Waals surface area contributed by atoms with Crippen LogP contribution in [0.15, 0.2) is 0 Å². The van der Waals surface area contributed by atoms with Crippen molar-refractivity contribution >= 4 is 17.0 Å². The number of carbonyl (C=O) groups excluding carboxylic acids is 1. The second-order valence-electron chi connectivity index (χ2n) is 3.20. The topological polar surface area (TPSA) is 20.3 Å². The van der Waals surface area contributed by atoms with Crippen LogP contribution in [0, 0.1) is 0 Å². The summed E-state index contributed by atoms with van der Waals surface area (Å²) in [7, 11) is 1.82. The fourth-order valence-electron chi connectivity index (χ4n) is 0.411. The fourth-order valence-corrected chi connectivity index (χ4v) is 0.959. The Bertz CT molecular complexity index is 128. The van der Waals surface area contributed by atoms with Crippen molar-refractivity contribution < 1.29 is 4.79 Å². The van der Waals surface area contributed by atoms with Crippen molar-refractivity contribution in [3.63, 3.8) is 0 Å². The summed E-state index contributed by atoms with van der Waals surface area (Å²) in [6, 6.07) is 0. The molecular formula is C7H15NOS. The van der Waals surface area contributed by atoms with Gasteiger partial charge in [-0.05, 0) is 27.0 Å². The Hall–Kier alpha value is -0.180. The minimum atomic E-state index is -0.0555. The molecule has 0 bridgehead atoms. The molecule has 0 unspecified atom stereocenters. The van der Waals surface area contributed by atoms with E-state index in [1.165, 1.54) is 11.8 Å². The molecular weight excluding hydrogens is 146 g/mol. The first-order chi connectivity index (χ1) is 4.39. The van der Waals surface area contributed by atoms with Crippen LogP contribution >= 0.6 is 11.8 Å². The Kier molecular flexibility index (Phi) is 3.22. The molecule has 0 aliphatic heterocycles. The lowest BCUT2D eigenvalue weighted by Gasteiger charge is -2.31. The number of hydrogen-bond acceptors (Lipinski definition) is 2. The molecule has 0 radical (unpaired) electrons. The summed E-state index contributed by atoms with van der Waals surface area (Å²) in [5.74, 6) is 0. The van der Waals surface area contributed by atoms with E-state index in [0.29, 0.717) is 0 Å². The van der Waals surface area contributed by atoms with Crippen LogP contribution in [0.3, 0.4) is 0 Å². The Morgan fingerprint density at radius 2 is 1.80 bits per heavy atom.